The van der Waals surface area contributed by atoms with Crippen molar-refractivity contribution in [3.05, 3.63) is 12.2 Å². The third kappa shape index (κ3) is 52.0. The van der Waals surface area contributed by atoms with Gasteiger partial charge in [0.05, 0.1) is 25.4 Å². The van der Waals surface area contributed by atoms with Gasteiger partial charge in [-0.15, -0.1) is 0 Å². The third-order valence-corrected chi connectivity index (χ3v) is 14.1. The van der Waals surface area contributed by atoms with E-state index in [-0.39, 0.29) is 18.5 Å². The third-order valence-electron chi connectivity index (χ3n) is 14.1. The number of aliphatic hydroxyl groups excluding tert-OH is 2. The maximum atomic E-state index is 12.4. The summed E-state index contributed by atoms with van der Waals surface area (Å²) in [4.78, 5) is 24.5. The van der Waals surface area contributed by atoms with Crippen molar-refractivity contribution in [2.45, 2.75) is 347 Å². The van der Waals surface area contributed by atoms with Crippen LogP contribution < -0.4 is 5.32 Å². The fourth-order valence-electron chi connectivity index (χ4n) is 9.46. The summed E-state index contributed by atoms with van der Waals surface area (Å²) in [5, 5.41) is 23.1. The predicted octanol–water partition coefficient (Wildman–Crippen LogP) is 18.5. The van der Waals surface area contributed by atoms with Crippen molar-refractivity contribution in [3.8, 4) is 0 Å². The first kappa shape index (κ1) is 64.6. The highest BCUT2D eigenvalue weighted by Crippen LogP contribution is 2.17. The number of nitrogens with one attached hydrogen (secondary N) is 1. The van der Waals surface area contributed by atoms with Crippen LogP contribution in [-0.2, 0) is 14.3 Å². The molecule has 0 radical (unpaired) electrons. The highest BCUT2D eigenvalue weighted by atomic mass is 16.5. The molecular formula is C60H117NO5. The Labute approximate surface area is 412 Å². The lowest BCUT2D eigenvalue weighted by Gasteiger charge is -2.22. The van der Waals surface area contributed by atoms with Gasteiger partial charge in [-0.2, -0.15) is 0 Å². The Bertz CT molecular complexity index is 986. The van der Waals surface area contributed by atoms with Crippen molar-refractivity contribution < 1.29 is 24.5 Å². The number of ether oxygens (including phenoxy) is 1. The van der Waals surface area contributed by atoms with Crippen LogP contribution in [0.5, 0.6) is 0 Å². The van der Waals surface area contributed by atoms with E-state index in [1.54, 1.807) is 0 Å². The lowest BCUT2D eigenvalue weighted by Crippen LogP contribution is -2.45. The van der Waals surface area contributed by atoms with Gasteiger partial charge in [-0.3, -0.25) is 9.59 Å². The van der Waals surface area contributed by atoms with Gasteiger partial charge in [-0.25, -0.2) is 0 Å². The average molecular weight is 933 g/mol. The number of rotatable bonds is 56. The van der Waals surface area contributed by atoms with Gasteiger partial charge in [0.15, 0.2) is 0 Å². The maximum absolute atomic E-state index is 12.4. The second kappa shape index (κ2) is 56.2. The molecule has 0 saturated heterocycles. The van der Waals surface area contributed by atoms with Crippen LogP contribution in [0.2, 0.25) is 0 Å². The van der Waals surface area contributed by atoms with Crippen LogP contribution in [0.3, 0.4) is 0 Å². The molecule has 392 valence electrons. The van der Waals surface area contributed by atoms with Crippen LogP contribution in [0, 0.1) is 0 Å². The van der Waals surface area contributed by atoms with Gasteiger partial charge in [-0.05, 0) is 51.4 Å². The van der Waals surface area contributed by atoms with E-state index >= 15 is 0 Å². The van der Waals surface area contributed by atoms with Crippen molar-refractivity contribution in [2.24, 2.45) is 0 Å². The topological polar surface area (TPSA) is 95.9 Å². The van der Waals surface area contributed by atoms with Crippen LogP contribution in [0.15, 0.2) is 12.2 Å². The molecule has 0 aliphatic carbocycles. The summed E-state index contributed by atoms with van der Waals surface area (Å²) in [6.45, 7) is 4.96. The molecule has 0 spiro atoms. The van der Waals surface area contributed by atoms with Crippen LogP contribution in [0.4, 0.5) is 0 Å². The van der Waals surface area contributed by atoms with Gasteiger partial charge in [0.25, 0.3) is 0 Å². The van der Waals surface area contributed by atoms with Crippen LogP contribution in [0.1, 0.15) is 335 Å². The molecule has 0 heterocycles. The smallest absolute Gasteiger partial charge is 0.305 e. The zero-order valence-corrected chi connectivity index (χ0v) is 44.7. The summed E-state index contributed by atoms with van der Waals surface area (Å²) in [5.74, 6) is -0.0242. The number of hydrogen-bond donors (Lipinski definition) is 3. The summed E-state index contributed by atoms with van der Waals surface area (Å²) in [6.07, 6.45) is 66.5. The number of hydrogen-bond acceptors (Lipinski definition) is 5. The Morgan fingerprint density at radius 3 is 1.08 bits per heavy atom. The standard InChI is InChI=1S/C60H117NO5/c1-3-5-7-9-11-13-15-16-27-31-34-38-42-46-50-54-60(65)66-55-51-47-43-39-35-32-29-26-24-22-20-18-17-19-21-23-25-28-30-33-37-41-45-49-53-59(64)61-57(56-62)58(63)52-48-44-40-36-14-12-10-8-6-4-2/h19,21,57-58,62-63H,3-18,20,22-56H2,1-2H3,(H,61,64)/b21-19-. The first-order chi connectivity index (χ1) is 32.5. The first-order valence-electron chi connectivity index (χ1n) is 29.9. The SMILES string of the molecule is CCCCCCCCCCCCCCCCCC(=O)OCCCCCCCCCCCCCC/C=C\CCCCCCCCCCC(=O)NC(CO)C(O)CCCCCCCCCCCC. The fourth-order valence-corrected chi connectivity index (χ4v) is 9.46. The number of esters is 1. The summed E-state index contributed by atoms with van der Waals surface area (Å²) in [5.41, 5.74) is 0. The number of aliphatic hydroxyl groups is 2. The van der Waals surface area contributed by atoms with Crippen molar-refractivity contribution in [1.29, 1.82) is 0 Å². The highest BCUT2D eigenvalue weighted by molar-refractivity contribution is 5.76. The lowest BCUT2D eigenvalue weighted by atomic mass is 10.0. The lowest BCUT2D eigenvalue weighted by molar-refractivity contribution is -0.143. The second-order valence-electron chi connectivity index (χ2n) is 20.7. The zero-order chi connectivity index (χ0) is 47.9. The van der Waals surface area contributed by atoms with Gasteiger partial charge >= 0.3 is 5.97 Å². The van der Waals surface area contributed by atoms with Gasteiger partial charge in [0, 0.05) is 12.8 Å². The van der Waals surface area contributed by atoms with Crippen molar-refractivity contribution >= 4 is 11.9 Å². The van der Waals surface area contributed by atoms with E-state index in [9.17, 15) is 19.8 Å². The minimum atomic E-state index is -0.664. The second-order valence-corrected chi connectivity index (χ2v) is 20.7. The van der Waals surface area contributed by atoms with Gasteiger partial charge in [-0.1, -0.05) is 283 Å². The van der Waals surface area contributed by atoms with Crippen LogP contribution in [0.25, 0.3) is 0 Å². The number of amides is 1. The van der Waals surface area contributed by atoms with Crippen LogP contribution >= 0.6 is 0 Å². The molecule has 0 aliphatic rings. The summed E-state index contributed by atoms with van der Waals surface area (Å²) < 4.78 is 5.49. The van der Waals surface area contributed by atoms with E-state index in [4.69, 9.17) is 4.74 Å². The quantitative estimate of drug-likeness (QED) is 0.0321. The van der Waals surface area contributed by atoms with E-state index in [2.05, 4.69) is 31.3 Å². The molecule has 0 aromatic heterocycles. The molecule has 6 heteroatoms. The normalized spacial score (nSPS) is 12.6. The van der Waals surface area contributed by atoms with E-state index in [0.29, 0.717) is 25.9 Å². The molecule has 0 saturated carbocycles. The van der Waals surface area contributed by atoms with E-state index in [1.165, 1.54) is 263 Å². The summed E-state index contributed by atoms with van der Waals surface area (Å²) in [7, 11) is 0. The number of allylic oxidation sites excluding steroid dienone is 2. The number of carbonyl (C=O) groups excluding carboxylic acids is 2. The van der Waals surface area contributed by atoms with Crippen molar-refractivity contribution in [1.82, 2.24) is 5.32 Å². The maximum Gasteiger partial charge on any atom is 0.305 e. The van der Waals surface area contributed by atoms with Crippen molar-refractivity contribution in [3.63, 3.8) is 0 Å². The molecule has 2 atom stereocenters. The summed E-state index contributed by atoms with van der Waals surface area (Å²) >= 11 is 0. The molecule has 0 aliphatic heterocycles. The molecule has 0 aromatic carbocycles. The largest absolute Gasteiger partial charge is 0.466 e. The monoisotopic (exact) mass is 932 g/mol. The molecule has 66 heavy (non-hydrogen) atoms. The van der Waals surface area contributed by atoms with Crippen molar-refractivity contribution in [2.75, 3.05) is 13.2 Å². The molecule has 3 N–H and O–H groups in total. The van der Waals surface area contributed by atoms with Gasteiger partial charge in [0.2, 0.25) is 5.91 Å². The Morgan fingerprint density at radius 1 is 0.409 bits per heavy atom. The Morgan fingerprint density at radius 2 is 0.712 bits per heavy atom. The highest BCUT2D eigenvalue weighted by Gasteiger charge is 2.20. The fraction of sp³-hybridized carbons (Fsp3) is 0.933. The average Bonchev–Trinajstić information content (AvgIpc) is 3.32. The molecule has 0 aromatic rings. The van der Waals surface area contributed by atoms with Gasteiger partial charge in [0.1, 0.15) is 0 Å². The predicted molar refractivity (Wildman–Crippen MR) is 287 cm³/mol. The first-order valence-corrected chi connectivity index (χ1v) is 29.9. The van der Waals surface area contributed by atoms with Gasteiger partial charge < -0.3 is 20.3 Å². The molecule has 0 bridgehead atoms. The number of carbonyl (C=O) groups is 2. The van der Waals surface area contributed by atoms with E-state index in [1.807, 2.05) is 0 Å². The molecule has 2 unspecified atom stereocenters. The zero-order valence-electron chi connectivity index (χ0n) is 44.7. The summed E-state index contributed by atoms with van der Waals surface area (Å²) in [6, 6.07) is -0.542. The molecule has 0 rings (SSSR count). The number of unbranched alkanes of at least 4 members (excludes halogenated alkanes) is 43. The minimum absolute atomic E-state index is 0.0158. The molecular weight excluding hydrogens is 815 g/mol. The molecule has 6 nitrogen and oxygen atoms in total. The van der Waals surface area contributed by atoms with Crippen LogP contribution in [-0.4, -0.2) is 47.4 Å². The molecule has 0 fully saturated rings. The Kier molecular flexibility index (Phi) is 55.0. The van der Waals surface area contributed by atoms with E-state index < -0.39 is 12.1 Å². The minimum Gasteiger partial charge on any atom is -0.466 e. The van der Waals surface area contributed by atoms with E-state index in [0.717, 1.165) is 38.5 Å². The molecule has 1 amide bonds. The Hall–Kier alpha value is -1.40. The Balaban J connectivity index is 3.36.